The summed E-state index contributed by atoms with van der Waals surface area (Å²) in [5.41, 5.74) is 0.751. The molecule has 1 N–H and O–H groups in total. The van der Waals surface area contributed by atoms with Crippen LogP contribution >= 0.6 is 11.8 Å². The summed E-state index contributed by atoms with van der Waals surface area (Å²) in [6, 6.07) is 13.0. The summed E-state index contributed by atoms with van der Waals surface area (Å²) >= 11 is 1.52. The number of allylic oxidation sites excluding steroid dienone is 1. The van der Waals surface area contributed by atoms with Crippen molar-refractivity contribution in [2.24, 2.45) is 11.8 Å². The first kappa shape index (κ1) is 24.2. The number of cyclic esters (lactones) is 1. The van der Waals surface area contributed by atoms with Crippen molar-refractivity contribution in [3.63, 3.8) is 0 Å². The second-order valence-electron chi connectivity index (χ2n) is 10.3. The minimum atomic E-state index is -0.948. The Kier molecular flexibility index (Phi) is 5.92. The number of thioether (sulfide) groups is 1. The first-order valence-corrected chi connectivity index (χ1v) is 13.6. The number of esters is 1. The Hall–Kier alpha value is -3.10. The van der Waals surface area contributed by atoms with E-state index >= 15 is 0 Å². The number of fused-ring (bicyclic) bond motifs is 3. The van der Waals surface area contributed by atoms with Crippen molar-refractivity contribution in [1.29, 1.82) is 0 Å². The maximum absolute atomic E-state index is 14.4. The molecule has 5 atom stereocenters. The van der Waals surface area contributed by atoms with Gasteiger partial charge in [-0.25, -0.2) is 0 Å². The summed E-state index contributed by atoms with van der Waals surface area (Å²) in [6.45, 7) is 2.40. The molecule has 2 fully saturated rings. The van der Waals surface area contributed by atoms with Crippen LogP contribution in [0.15, 0.2) is 66.8 Å². The molecule has 0 radical (unpaired) electrons. The van der Waals surface area contributed by atoms with Crippen molar-refractivity contribution < 1.29 is 24.2 Å². The number of rotatable bonds is 3. The number of β-amino-alcohol motifs (C(OH)–C–C–N with tert-alkyl or cyclic N) is 1. The Bertz CT molecular complexity index is 1340. The van der Waals surface area contributed by atoms with Gasteiger partial charge in [-0.15, -0.1) is 11.8 Å². The van der Waals surface area contributed by atoms with Crippen LogP contribution in [0.1, 0.15) is 19.8 Å². The number of aliphatic hydroxyl groups excluding tert-OH is 1. The van der Waals surface area contributed by atoms with E-state index < -0.39 is 33.3 Å². The van der Waals surface area contributed by atoms with Crippen LogP contribution in [-0.2, 0) is 19.1 Å². The number of likely N-dealkylation sites (tertiary alicyclic amines) is 1. The van der Waals surface area contributed by atoms with Gasteiger partial charge in [-0.2, -0.15) is 0 Å². The summed E-state index contributed by atoms with van der Waals surface area (Å²) in [6.07, 6.45) is 9.55. The number of carbonyl (C=O) groups excluding carboxylic acids is 3. The minimum absolute atomic E-state index is 0.0295. The lowest BCUT2D eigenvalue weighted by molar-refractivity contribution is -0.154. The molecule has 6 rings (SSSR count). The van der Waals surface area contributed by atoms with Gasteiger partial charge in [-0.05, 0) is 42.7 Å². The first-order chi connectivity index (χ1) is 17.9. The zero-order valence-electron chi connectivity index (χ0n) is 20.7. The van der Waals surface area contributed by atoms with Crippen molar-refractivity contribution in [3.05, 3.63) is 66.8 Å². The number of ether oxygens (including phenoxy) is 1. The monoisotopic (exact) mass is 518 g/mol. The Morgan fingerprint density at radius 3 is 2.65 bits per heavy atom. The van der Waals surface area contributed by atoms with Crippen molar-refractivity contribution in [3.8, 4) is 0 Å². The topological polar surface area (TPSA) is 87.1 Å². The Morgan fingerprint density at radius 1 is 1.03 bits per heavy atom. The lowest BCUT2D eigenvalue weighted by Gasteiger charge is -2.36. The van der Waals surface area contributed by atoms with E-state index in [9.17, 15) is 19.5 Å². The van der Waals surface area contributed by atoms with E-state index in [0.717, 1.165) is 29.3 Å². The van der Waals surface area contributed by atoms with Gasteiger partial charge in [0.1, 0.15) is 6.04 Å². The smallest absolute Gasteiger partial charge is 0.311 e. The fraction of sp³-hybridized carbons (Fsp3) is 0.414. The number of nitrogens with zero attached hydrogens (tertiary/aromatic N) is 2. The fourth-order valence-electron chi connectivity index (χ4n) is 6.56. The molecule has 192 valence electrons. The van der Waals surface area contributed by atoms with Crippen LogP contribution in [0.4, 0.5) is 5.69 Å². The van der Waals surface area contributed by atoms with Crippen LogP contribution in [0, 0.1) is 11.8 Å². The van der Waals surface area contributed by atoms with E-state index in [-0.39, 0.29) is 25.0 Å². The molecule has 8 heteroatoms. The molecule has 4 heterocycles. The largest absolute Gasteiger partial charge is 0.465 e. The number of hydrogen-bond acceptors (Lipinski definition) is 6. The summed E-state index contributed by atoms with van der Waals surface area (Å²) < 4.78 is 3.98. The molecular weight excluding hydrogens is 488 g/mol. The third-order valence-corrected chi connectivity index (χ3v) is 9.93. The number of hydrogen-bond donors (Lipinski definition) is 1. The molecule has 0 bridgehead atoms. The summed E-state index contributed by atoms with van der Waals surface area (Å²) in [5.74, 6) is -2.35. The molecule has 2 saturated heterocycles. The second kappa shape index (κ2) is 9.03. The predicted molar refractivity (Wildman–Crippen MR) is 143 cm³/mol. The van der Waals surface area contributed by atoms with E-state index in [1.165, 1.54) is 16.7 Å². The fourth-order valence-corrected chi connectivity index (χ4v) is 8.71. The van der Waals surface area contributed by atoms with Crippen LogP contribution in [0.2, 0.25) is 0 Å². The molecule has 0 aliphatic carbocycles. The molecule has 7 nitrogen and oxygen atoms in total. The molecule has 1 spiro atoms. The standard InChI is InChI=1S/C29H30N2O5S/c1-28-12-5-2-6-17-36-27(35)23(28)22-25(33)31(15-16-32)24-26(34)30(14-7-13-29(22,24)37-28)21-11-10-19-8-3-4-9-20(19)18-21/h3-5,7-13,18,22-24,32H,2,6,14-17H2,1H3/b12-5-/t22-,23-,24?,28+,29-/m0/s1. The third kappa shape index (κ3) is 3.64. The van der Waals surface area contributed by atoms with Gasteiger partial charge < -0.3 is 19.6 Å². The number of benzene rings is 2. The number of aliphatic hydroxyl groups is 1. The number of carbonyl (C=O) groups is 3. The minimum Gasteiger partial charge on any atom is -0.465 e. The predicted octanol–water partition coefficient (Wildman–Crippen LogP) is 3.32. The highest BCUT2D eigenvalue weighted by Gasteiger charge is 2.73. The summed E-state index contributed by atoms with van der Waals surface area (Å²) in [5, 5.41) is 12.0. The van der Waals surface area contributed by atoms with Gasteiger partial charge in [0.05, 0.1) is 29.8 Å². The maximum Gasteiger partial charge on any atom is 0.311 e. The molecule has 37 heavy (non-hydrogen) atoms. The van der Waals surface area contributed by atoms with Crippen molar-refractivity contribution in [1.82, 2.24) is 4.90 Å². The summed E-state index contributed by atoms with van der Waals surface area (Å²) in [7, 11) is 0. The maximum atomic E-state index is 14.4. The molecule has 0 aromatic heterocycles. The Balaban J connectivity index is 1.47. The SMILES string of the molecule is C[C@@]12/C=C\CCCOC(=O)[C@@H]1[C@H]1C(=O)N(CCO)C3C(=O)N(c4ccc5ccccc5c4)CC=C[C@@]31S2. The van der Waals surface area contributed by atoms with Gasteiger partial charge >= 0.3 is 5.97 Å². The van der Waals surface area contributed by atoms with Gasteiger partial charge in [0.25, 0.3) is 5.91 Å². The lowest BCUT2D eigenvalue weighted by atomic mass is 9.74. The van der Waals surface area contributed by atoms with Crippen molar-refractivity contribution >= 4 is 46.0 Å². The average Bonchev–Trinajstić information content (AvgIpc) is 3.23. The van der Waals surface area contributed by atoms with Gasteiger partial charge in [-0.3, -0.25) is 14.4 Å². The van der Waals surface area contributed by atoms with Crippen molar-refractivity contribution in [2.45, 2.75) is 35.3 Å². The third-order valence-electron chi connectivity index (χ3n) is 8.14. The van der Waals surface area contributed by atoms with E-state index in [0.29, 0.717) is 13.2 Å². The van der Waals surface area contributed by atoms with E-state index in [2.05, 4.69) is 6.08 Å². The van der Waals surface area contributed by atoms with E-state index in [4.69, 9.17) is 4.74 Å². The Morgan fingerprint density at radius 2 is 1.84 bits per heavy atom. The number of amides is 2. The normalized spacial score (nSPS) is 34.2. The van der Waals surface area contributed by atoms with Gasteiger partial charge in [-0.1, -0.05) is 54.6 Å². The average molecular weight is 519 g/mol. The molecule has 2 aromatic carbocycles. The highest BCUT2D eigenvalue weighted by molar-refractivity contribution is 8.02. The first-order valence-electron chi connectivity index (χ1n) is 12.8. The molecule has 2 aromatic rings. The Labute approximate surface area is 220 Å². The lowest BCUT2D eigenvalue weighted by Crippen LogP contribution is -2.54. The highest BCUT2D eigenvalue weighted by atomic mass is 32.2. The van der Waals surface area contributed by atoms with Crippen LogP contribution in [0.3, 0.4) is 0 Å². The zero-order chi connectivity index (χ0) is 25.8. The molecular formula is C29H30N2O5S. The van der Waals surface area contributed by atoms with Crippen LogP contribution < -0.4 is 4.90 Å². The summed E-state index contributed by atoms with van der Waals surface area (Å²) in [4.78, 5) is 45.0. The number of anilines is 1. The molecule has 2 amide bonds. The second-order valence-corrected chi connectivity index (χ2v) is 12.1. The van der Waals surface area contributed by atoms with Crippen molar-refractivity contribution in [2.75, 3.05) is 31.2 Å². The van der Waals surface area contributed by atoms with Crippen LogP contribution in [0.25, 0.3) is 10.8 Å². The zero-order valence-corrected chi connectivity index (χ0v) is 21.5. The molecule has 0 saturated carbocycles. The molecule has 1 unspecified atom stereocenters. The van der Waals surface area contributed by atoms with Gasteiger partial charge in [0, 0.05) is 23.5 Å². The highest BCUT2D eigenvalue weighted by Crippen LogP contribution is 2.65. The van der Waals surface area contributed by atoms with Crippen LogP contribution in [-0.4, -0.2) is 69.6 Å². The van der Waals surface area contributed by atoms with Gasteiger partial charge in [0.2, 0.25) is 5.91 Å². The molecule has 4 aliphatic rings. The molecule has 4 aliphatic heterocycles. The quantitative estimate of drug-likeness (QED) is 0.496. The van der Waals surface area contributed by atoms with E-state index in [1.54, 1.807) is 4.90 Å². The van der Waals surface area contributed by atoms with Gasteiger partial charge in [0.15, 0.2) is 0 Å². The van der Waals surface area contributed by atoms with Crippen LogP contribution in [0.5, 0.6) is 0 Å². The van der Waals surface area contributed by atoms with E-state index in [1.807, 2.05) is 67.6 Å².